The summed E-state index contributed by atoms with van der Waals surface area (Å²) in [6, 6.07) is 23.3. The molecule has 0 atom stereocenters. The molecule has 2 heteroatoms. The highest BCUT2D eigenvalue weighted by Crippen LogP contribution is 2.38. The van der Waals surface area contributed by atoms with Crippen molar-refractivity contribution in [2.45, 2.75) is 59.9 Å². The first-order chi connectivity index (χ1) is 15.6. The topological polar surface area (TPSA) is 8.81 Å². The van der Waals surface area contributed by atoms with Crippen LogP contribution in [0.3, 0.4) is 0 Å². The van der Waals surface area contributed by atoms with E-state index in [1.54, 1.807) is 0 Å². The Morgan fingerprint density at radius 2 is 1.52 bits per heavy atom. The lowest BCUT2D eigenvalue weighted by molar-refractivity contribution is -0.665. The minimum absolute atomic E-state index is 0.132. The Morgan fingerprint density at radius 1 is 0.788 bits per heavy atom. The Bertz CT molecular complexity index is 1540. The highest BCUT2D eigenvalue weighted by molar-refractivity contribution is 6.10. The van der Waals surface area contributed by atoms with E-state index in [1.165, 1.54) is 60.7 Å². The van der Waals surface area contributed by atoms with Crippen LogP contribution in [-0.4, -0.2) is 4.57 Å². The lowest BCUT2D eigenvalue weighted by Crippen LogP contribution is -2.35. The predicted molar refractivity (Wildman–Crippen MR) is 142 cm³/mol. The maximum Gasteiger partial charge on any atom is 0.220 e. The molecule has 2 nitrogen and oxygen atoms in total. The van der Waals surface area contributed by atoms with Crippen molar-refractivity contribution in [3.05, 3.63) is 77.5 Å². The fraction of sp³-hybridized carbons (Fsp3) is 0.323. The Morgan fingerprint density at radius 3 is 2.21 bits per heavy atom. The third kappa shape index (κ3) is 3.35. The van der Waals surface area contributed by atoms with E-state index in [2.05, 4.69) is 125 Å². The average molecular weight is 436 g/mol. The third-order valence-corrected chi connectivity index (χ3v) is 7.23. The number of nitrogens with zero attached hydrogens (tertiary/aromatic N) is 2. The van der Waals surface area contributed by atoms with Gasteiger partial charge in [0.05, 0.1) is 16.5 Å². The highest BCUT2D eigenvalue weighted by atomic mass is 15.0. The van der Waals surface area contributed by atoms with Gasteiger partial charge in [-0.1, -0.05) is 51.1 Å². The number of aryl methyl sites for hydroxylation is 2. The largest absolute Gasteiger partial charge is 0.338 e. The van der Waals surface area contributed by atoms with Crippen LogP contribution in [0.25, 0.3) is 43.8 Å². The summed E-state index contributed by atoms with van der Waals surface area (Å²) in [6.45, 7) is 15.9. The summed E-state index contributed by atoms with van der Waals surface area (Å²) in [4.78, 5) is 0. The fourth-order valence-corrected chi connectivity index (χ4v) is 5.33. The Hall–Kier alpha value is -3.13. The van der Waals surface area contributed by atoms with Gasteiger partial charge in [-0.25, -0.2) is 0 Å². The number of hydrogen-bond donors (Lipinski definition) is 0. The van der Waals surface area contributed by atoms with E-state index in [9.17, 15) is 0 Å². The van der Waals surface area contributed by atoms with Gasteiger partial charge in [0.2, 0.25) is 5.69 Å². The number of pyridine rings is 1. The van der Waals surface area contributed by atoms with Gasteiger partial charge in [0, 0.05) is 35.3 Å². The molecule has 0 spiro atoms. The summed E-state index contributed by atoms with van der Waals surface area (Å²) in [5.41, 5.74) is 9.33. The van der Waals surface area contributed by atoms with Crippen molar-refractivity contribution in [2.75, 3.05) is 0 Å². The molecule has 0 N–H and O–H groups in total. The van der Waals surface area contributed by atoms with Crippen molar-refractivity contribution < 1.29 is 4.57 Å². The number of fused-ring (bicyclic) bond motifs is 4. The lowest BCUT2D eigenvalue weighted by Gasteiger charge is -2.20. The summed E-state index contributed by atoms with van der Waals surface area (Å²) < 4.78 is 4.85. The number of benzene rings is 3. The van der Waals surface area contributed by atoms with Crippen LogP contribution in [0.1, 0.15) is 57.5 Å². The van der Waals surface area contributed by atoms with Crippen molar-refractivity contribution >= 4 is 32.6 Å². The van der Waals surface area contributed by atoms with Gasteiger partial charge in [0.1, 0.15) is 7.05 Å². The lowest BCUT2D eigenvalue weighted by atomic mass is 9.85. The average Bonchev–Trinajstić information content (AvgIpc) is 3.07. The maximum atomic E-state index is 2.49. The molecule has 33 heavy (non-hydrogen) atoms. The first-order valence-corrected chi connectivity index (χ1v) is 12.1. The van der Waals surface area contributed by atoms with E-state index >= 15 is 0 Å². The third-order valence-electron chi connectivity index (χ3n) is 7.23. The SMILES string of the molecule is Cc1cc2c3ccccc3n(C(C)C)c2cc1-c1c2ccc(C(C)(C)C)cc2cc(C)[n+]1C. The van der Waals surface area contributed by atoms with Crippen LogP contribution in [-0.2, 0) is 12.5 Å². The molecular formula is C31H35N2+. The standard InChI is InChI=1S/C31H35N2/c1-19(2)33-28-12-10-9-11-25(28)27-15-20(3)26(18-29(27)33)30-24-14-13-23(31(5,6)7)17-22(24)16-21(4)32(30)8/h9-19H,1-8H3/q+1. The van der Waals surface area contributed by atoms with E-state index in [4.69, 9.17) is 0 Å². The van der Waals surface area contributed by atoms with E-state index < -0.39 is 0 Å². The van der Waals surface area contributed by atoms with Crippen LogP contribution in [0.15, 0.2) is 60.7 Å². The Balaban J connectivity index is 1.88. The normalized spacial score (nSPS) is 12.5. The Kier molecular flexibility index (Phi) is 4.90. The van der Waals surface area contributed by atoms with Crippen molar-refractivity contribution in [1.82, 2.24) is 4.57 Å². The fourth-order valence-electron chi connectivity index (χ4n) is 5.33. The molecule has 0 aliphatic carbocycles. The minimum Gasteiger partial charge on any atom is -0.338 e. The molecule has 0 aliphatic rings. The first kappa shape index (κ1) is 21.7. The van der Waals surface area contributed by atoms with Crippen LogP contribution >= 0.6 is 0 Å². The molecule has 5 rings (SSSR count). The number of para-hydroxylation sites is 1. The molecule has 0 amide bonds. The van der Waals surface area contributed by atoms with E-state index in [0.29, 0.717) is 6.04 Å². The molecule has 0 saturated carbocycles. The van der Waals surface area contributed by atoms with Crippen molar-refractivity contribution in [3.8, 4) is 11.3 Å². The maximum absolute atomic E-state index is 2.49. The van der Waals surface area contributed by atoms with Gasteiger partial charge < -0.3 is 4.57 Å². The highest BCUT2D eigenvalue weighted by Gasteiger charge is 2.24. The molecule has 0 saturated heterocycles. The van der Waals surface area contributed by atoms with E-state index in [1.807, 2.05) is 0 Å². The summed E-state index contributed by atoms with van der Waals surface area (Å²) in [7, 11) is 2.20. The van der Waals surface area contributed by atoms with Gasteiger partial charge in [-0.05, 0) is 67.0 Å². The second kappa shape index (κ2) is 7.45. The Labute approximate surface area is 197 Å². The zero-order valence-corrected chi connectivity index (χ0v) is 21.2. The smallest absolute Gasteiger partial charge is 0.220 e. The van der Waals surface area contributed by atoms with Crippen LogP contribution in [0.4, 0.5) is 0 Å². The quantitative estimate of drug-likeness (QED) is 0.249. The second-order valence-electron chi connectivity index (χ2n) is 10.9. The molecule has 3 aromatic carbocycles. The van der Waals surface area contributed by atoms with Crippen LogP contribution < -0.4 is 4.57 Å². The number of aromatic nitrogens is 2. The molecule has 2 heterocycles. The zero-order valence-electron chi connectivity index (χ0n) is 21.2. The van der Waals surface area contributed by atoms with Crippen LogP contribution in [0, 0.1) is 13.8 Å². The number of hydrogen-bond acceptors (Lipinski definition) is 0. The summed E-state index contributed by atoms with van der Waals surface area (Å²) in [6.07, 6.45) is 0. The van der Waals surface area contributed by atoms with Gasteiger partial charge in [-0.2, -0.15) is 4.57 Å². The zero-order chi connectivity index (χ0) is 23.7. The molecular weight excluding hydrogens is 400 g/mol. The van der Waals surface area contributed by atoms with Crippen molar-refractivity contribution in [1.29, 1.82) is 0 Å². The predicted octanol–water partition coefficient (Wildman–Crippen LogP) is 7.93. The summed E-state index contributed by atoms with van der Waals surface area (Å²) in [5.74, 6) is 0. The van der Waals surface area contributed by atoms with Crippen LogP contribution in [0.5, 0.6) is 0 Å². The van der Waals surface area contributed by atoms with Crippen molar-refractivity contribution in [3.63, 3.8) is 0 Å². The summed E-state index contributed by atoms with van der Waals surface area (Å²) in [5, 5.41) is 5.31. The molecule has 0 radical (unpaired) electrons. The minimum atomic E-state index is 0.132. The van der Waals surface area contributed by atoms with Crippen LogP contribution in [0.2, 0.25) is 0 Å². The van der Waals surface area contributed by atoms with E-state index in [-0.39, 0.29) is 5.41 Å². The molecule has 5 aromatic rings. The van der Waals surface area contributed by atoms with Gasteiger partial charge >= 0.3 is 0 Å². The molecule has 0 unspecified atom stereocenters. The van der Waals surface area contributed by atoms with Gasteiger partial charge in [-0.15, -0.1) is 0 Å². The monoisotopic (exact) mass is 435 g/mol. The molecule has 0 bridgehead atoms. The molecule has 0 fully saturated rings. The molecule has 2 aromatic heterocycles. The first-order valence-electron chi connectivity index (χ1n) is 12.1. The van der Waals surface area contributed by atoms with Gasteiger partial charge in [-0.3, -0.25) is 0 Å². The van der Waals surface area contributed by atoms with Crippen molar-refractivity contribution in [2.24, 2.45) is 7.05 Å². The molecule has 168 valence electrons. The summed E-state index contributed by atoms with van der Waals surface area (Å²) >= 11 is 0. The second-order valence-corrected chi connectivity index (χ2v) is 10.9. The van der Waals surface area contributed by atoms with Gasteiger partial charge in [0.15, 0.2) is 5.69 Å². The molecule has 0 aliphatic heterocycles. The van der Waals surface area contributed by atoms with Gasteiger partial charge in [0.25, 0.3) is 0 Å². The number of rotatable bonds is 2. The van der Waals surface area contributed by atoms with E-state index in [0.717, 1.165) is 0 Å².